The van der Waals surface area contributed by atoms with Gasteiger partial charge in [-0.2, -0.15) is 13.2 Å². The second-order valence-corrected chi connectivity index (χ2v) is 7.10. The highest BCUT2D eigenvalue weighted by atomic mass is 19.4. The first-order valence-electron chi connectivity index (χ1n) is 9.25. The lowest BCUT2D eigenvalue weighted by molar-refractivity contribution is -0.189. The molecule has 1 N–H and O–H groups in total. The van der Waals surface area contributed by atoms with E-state index in [4.69, 9.17) is 0 Å². The van der Waals surface area contributed by atoms with Crippen molar-refractivity contribution in [1.82, 2.24) is 24.8 Å². The van der Waals surface area contributed by atoms with Gasteiger partial charge in [0.1, 0.15) is 6.04 Å². The van der Waals surface area contributed by atoms with Crippen LogP contribution in [0.5, 0.6) is 0 Å². The molecular weight excluding hydrogens is 373 g/mol. The molecule has 10 heteroatoms. The fourth-order valence-electron chi connectivity index (χ4n) is 3.54. The third-order valence-corrected chi connectivity index (χ3v) is 5.09. The molecule has 1 saturated heterocycles. The number of piperazine rings is 1. The third-order valence-electron chi connectivity index (χ3n) is 5.09. The lowest BCUT2D eigenvalue weighted by atomic mass is 10.0. The van der Waals surface area contributed by atoms with E-state index in [1.54, 1.807) is 22.9 Å². The molecule has 28 heavy (non-hydrogen) atoms. The molecule has 2 aromatic rings. The van der Waals surface area contributed by atoms with E-state index >= 15 is 0 Å². The summed E-state index contributed by atoms with van der Waals surface area (Å²) in [5.74, 6) is 0.521. The van der Waals surface area contributed by atoms with E-state index in [0.717, 1.165) is 12.8 Å². The van der Waals surface area contributed by atoms with Crippen LogP contribution < -0.4 is 5.32 Å². The smallest absolute Gasteiger partial charge is 0.322 e. The van der Waals surface area contributed by atoms with Gasteiger partial charge in [0.15, 0.2) is 5.82 Å². The van der Waals surface area contributed by atoms with Crippen molar-refractivity contribution in [2.75, 3.05) is 31.5 Å². The van der Waals surface area contributed by atoms with Crippen molar-refractivity contribution in [2.45, 2.75) is 31.1 Å². The Bertz CT molecular complexity index is 812. The van der Waals surface area contributed by atoms with Crippen LogP contribution in [0.15, 0.2) is 36.5 Å². The molecular formula is C18H21F3N6O. The van der Waals surface area contributed by atoms with Gasteiger partial charge >= 0.3 is 12.2 Å². The Morgan fingerprint density at radius 3 is 2.39 bits per heavy atom. The van der Waals surface area contributed by atoms with Crippen molar-refractivity contribution in [3.05, 3.63) is 42.1 Å². The molecule has 7 nitrogen and oxygen atoms in total. The number of nitrogens with one attached hydrogen (secondary N) is 1. The Hall–Kier alpha value is -2.62. The molecule has 1 aromatic heterocycles. The number of halogens is 3. The van der Waals surface area contributed by atoms with Gasteiger partial charge in [-0.3, -0.25) is 10.2 Å². The summed E-state index contributed by atoms with van der Waals surface area (Å²) >= 11 is 0. The van der Waals surface area contributed by atoms with Crippen LogP contribution in [0.3, 0.4) is 0 Å². The minimum atomic E-state index is -4.38. The van der Waals surface area contributed by atoms with Crippen LogP contribution in [0.4, 0.5) is 23.8 Å². The number of urea groups is 1. The number of carbonyl (C=O) groups is 1. The second-order valence-electron chi connectivity index (χ2n) is 7.10. The van der Waals surface area contributed by atoms with E-state index < -0.39 is 12.2 Å². The molecule has 150 valence electrons. The van der Waals surface area contributed by atoms with Gasteiger partial charge in [-0.05, 0) is 18.4 Å². The van der Waals surface area contributed by atoms with Gasteiger partial charge in [0.05, 0.1) is 12.2 Å². The number of anilines is 1. The van der Waals surface area contributed by atoms with Gasteiger partial charge in [0, 0.05) is 26.2 Å². The Balaban J connectivity index is 1.39. The van der Waals surface area contributed by atoms with Gasteiger partial charge in [0.25, 0.3) is 0 Å². The summed E-state index contributed by atoms with van der Waals surface area (Å²) in [6.45, 7) is 0.728. The monoisotopic (exact) mass is 394 g/mol. The molecule has 1 saturated carbocycles. The molecule has 0 bridgehead atoms. The zero-order valence-corrected chi connectivity index (χ0v) is 15.1. The molecule has 2 amide bonds. The van der Waals surface area contributed by atoms with Crippen LogP contribution in [0.2, 0.25) is 0 Å². The summed E-state index contributed by atoms with van der Waals surface area (Å²) in [6.07, 6.45) is -0.887. The van der Waals surface area contributed by atoms with Crippen LogP contribution in [0, 0.1) is 0 Å². The zero-order valence-electron chi connectivity index (χ0n) is 15.1. The molecule has 1 unspecified atom stereocenters. The van der Waals surface area contributed by atoms with E-state index in [1.807, 2.05) is 0 Å². The normalized spacial score (nSPS) is 19.5. The first kappa shape index (κ1) is 18.7. The summed E-state index contributed by atoms with van der Waals surface area (Å²) < 4.78 is 42.7. The highest BCUT2D eigenvalue weighted by Gasteiger charge is 2.45. The number of nitrogens with zero attached hydrogens (tertiary/aromatic N) is 5. The number of alkyl halides is 3. The summed E-state index contributed by atoms with van der Waals surface area (Å²) in [6, 6.07) is 6.15. The van der Waals surface area contributed by atoms with E-state index in [2.05, 4.69) is 15.6 Å². The largest absolute Gasteiger partial charge is 0.408 e. The van der Waals surface area contributed by atoms with E-state index in [-0.39, 0.29) is 43.8 Å². The van der Waals surface area contributed by atoms with Gasteiger partial charge in [-0.1, -0.05) is 35.5 Å². The standard InChI is InChI=1S/C18H21F3N6O/c19-18(20,21)16(13-4-2-1-3-5-13)25-8-10-26(11-9-25)17(28)23-15-12-22-24-27(15)14-6-7-14/h1-5,12,14,16H,6-11H2,(H,23,28). The summed E-state index contributed by atoms with van der Waals surface area (Å²) in [4.78, 5) is 15.4. The third kappa shape index (κ3) is 3.96. The molecule has 1 aliphatic carbocycles. The Kier molecular flexibility index (Phi) is 4.96. The number of amides is 2. The zero-order chi connectivity index (χ0) is 19.7. The molecule has 2 fully saturated rings. The highest BCUT2D eigenvalue weighted by molar-refractivity contribution is 5.88. The highest BCUT2D eigenvalue weighted by Crippen LogP contribution is 2.38. The maximum Gasteiger partial charge on any atom is 0.408 e. The number of aromatic nitrogens is 3. The lowest BCUT2D eigenvalue weighted by Crippen LogP contribution is -2.53. The summed E-state index contributed by atoms with van der Waals surface area (Å²) in [7, 11) is 0. The first-order valence-corrected chi connectivity index (χ1v) is 9.25. The van der Waals surface area contributed by atoms with Gasteiger partial charge in [-0.15, -0.1) is 5.10 Å². The van der Waals surface area contributed by atoms with Crippen molar-refractivity contribution in [3.8, 4) is 0 Å². The molecule has 1 aromatic carbocycles. The van der Waals surface area contributed by atoms with Crippen LogP contribution in [-0.2, 0) is 0 Å². The molecule has 1 aliphatic heterocycles. The first-order chi connectivity index (χ1) is 13.4. The van der Waals surface area contributed by atoms with E-state index in [0.29, 0.717) is 5.82 Å². The van der Waals surface area contributed by atoms with Crippen LogP contribution in [0.25, 0.3) is 0 Å². The summed E-state index contributed by atoms with van der Waals surface area (Å²) in [5, 5.41) is 10.6. The Morgan fingerprint density at radius 1 is 1.11 bits per heavy atom. The van der Waals surface area contributed by atoms with E-state index in [9.17, 15) is 18.0 Å². The maximum atomic E-state index is 13.7. The van der Waals surface area contributed by atoms with Gasteiger partial charge in [-0.25, -0.2) is 9.48 Å². The van der Waals surface area contributed by atoms with Crippen molar-refractivity contribution < 1.29 is 18.0 Å². The van der Waals surface area contributed by atoms with Crippen molar-refractivity contribution in [1.29, 1.82) is 0 Å². The molecule has 1 atom stereocenters. The maximum absolute atomic E-state index is 13.7. The number of hydrogen-bond donors (Lipinski definition) is 1. The number of hydrogen-bond acceptors (Lipinski definition) is 4. The molecule has 2 heterocycles. The molecule has 0 radical (unpaired) electrons. The predicted octanol–water partition coefficient (Wildman–Crippen LogP) is 3.07. The van der Waals surface area contributed by atoms with Crippen LogP contribution in [0.1, 0.15) is 30.5 Å². The van der Waals surface area contributed by atoms with E-state index in [1.165, 1.54) is 28.1 Å². The van der Waals surface area contributed by atoms with Crippen molar-refractivity contribution >= 4 is 11.8 Å². The van der Waals surface area contributed by atoms with Crippen LogP contribution >= 0.6 is 0 Å². The fourth-order valence-corrected chi connectivity index (χ4v) is 3.54. The van der Waals surface area contributed by atoms with Gasteiger partial charge < -0.3 is 4.90 Å². The SMILES string of the molecule is O=C(Nc1cnnn1C1CC1)N1CCN(C(c2ccccc2)C(F)(F)F)CC1. The van der Waals surface area contributed by atoms with Gasteiger partial charge in [0.2, 0.25) is 0 Å². The topological polar surface area (TPSA) is 66.3 Å². The molecule has 2 aliphatic rings. The molecule has 0 spiro atoms. The second kappa shape index (κ2) is 7.42. The Labute approximate surface area is 160 Å². The fraction of sp³-hybridized carbons (Fsp3) is 0.500. The number of rotatable bonds is 4. The molecule has 4 rings (SSSR count). The lowest BCUT2D eigenvalue weighted by Gasteiger charge is -2.39. The average Bonchev–Trinajstić information content (AvgIpc) is 3.41. The van der Waals surface area contributed by atoms with Crippen molar-refractivity contribution in [2.24, 2.45) is 0 Å². The Morgan fingerprint density at radius 2 is 1.79 bits per heavy atom. The quantitative estimate of drug-likeness (QED) is 0.866. The summed E-state index contributed by atoms with van der Waals surface area (Å²) in [5.41, 5.74) is 0.215. The minimum Gasteiger partial charge on any atom is -0.322 e. The van der Waals surface area contributed by atoms with Crippen LogP contribution in [-0.4, -0.2) is 63.2 Å². The van der Waals surface area contributed by atoms with Crippen molar-refractivity contribution in [3.63, 3.8) is 0 Å². The minimum absolute atomic E-state index is 0.145. The number of carbonyl (C=O) groups excluding carboxylic acids is 1. The average molecular weight is 394 g/mol. The number of benzene rings is 1. The predicted molar refractivity (Wildman–Crippen MR) is 95.7 cm³/mol.